The van der Waals surface area contributed by atoms with Gasteiger partial charge in [-0.3, -0.25) is 5.32 Å². The molecule has 0 radical (unpaired) electrons. The van der Waals surface area contributed by atoms with Gasteiger partial charge in [0.1, 0.15) is 24.2 Å². The number of esters is 1. The maximum atomic E-state index is 12.8. The van der Waals surface area contributed by atoms with Gasteiger partial charge in [-0.25, -0.2) is 9.59 Å². The number of aliphatic hydroxyl groups excluding tert-OH is 1. The number of rotatable bonds is 14. The molecule has 8 nitrogen and oxygen atoms in total. The molecule has 1 amide bonds. The summed E-state index contributed by atoms with van der Waals surface area (Å²) in [5, 5.41) is 11.7. The second-order valence-corrected chi connectivity index (χ2v) is 8.42. The van der Waals surface area contributed by atoms with Crippen molar-refractivity contribution >= 4 is 17.7 Å². The molecule has 0 bridgehead atoms. The minimum Gasteiger partial charge on any atom is -0.497 e. The van der Waals surface area contributed by atoms with E-state index in [0.29, 0.717) is 23.8 Å². The third-order valence-corrected chi connectivity index (χ3v) is 5.46. The zero-order chi connectivity index (χ0) is 27.0. The number of benzene rings is 2. The zero-order valence-electron chi connectivity index (χ0n) is 21.9. The number of allylic oxidation sites excluding steroid dienone is 3. The second-order valence-electron chi connectivity index (χ2n) is 8.42. The number of hydrogen-bond acceptors (Lipinski definition) is 7. The largest absolute Gasteiger partial charge is 0.497 e. The van der Waals surface area contributed by atoms with Gasteiger partial charge in [-0.2, -0.15) is 0 Å². The first-order valence-corrected chi connectivity index (χ1v) is 12.3. The Hall–Kier alpha value is -3.78. The maximum Gasteiger partial charge on any atom is 0.412 e. The minimum atomic E-state index is -0.564. The second kappa shape index (κ2) is 16.1. The summed E-state index contributed by atoms with van der Waals surface area (Å²) in [4.78, 5) is 24.3. The molecule has 2 N–H and O–H groups in total. The van der Waals surface area contributed by atoms with E-state index in [2.05, 4.69) is 5.32 Å². The Morgan fingerprint density at radius 3 is 2.35 bits per heavy atom. The summed E-state index contributed by atoms with van der Waals surface area (Å²) >= 11 is 0. The first-order valence-electron chi connectivity index (χ1n) is 12.3. The molecule has 0 saturated heterocycles. The van der Waals surface area contributed by atoms with Gasteiger partial charge in [0.2, 0.25) is 0 Å². The van der Waals surface area contributed by atoms with Gasteiger partial charge in [0.25, 0.3) is 0 Å². The molecule has 8 heteroatoms. The lowest BCUT2D eigenvalue weighted by atomic mass is 9.93. The minimum absolute atomic E-state index is 0.00943. The van der Waals surface area contributed by atoms with E-state index in [0.717, 1.165) is 24.0 Å². The Morgan fingerprint density at radius 1 is 1.05 bits per heavy atom. The number of anilines is 1. The Morgan fingerprint density at radius 2 is 1.73 bits per heavy atom. The van der Waals surface area contributed by atoms with E-state index in [-0.39, 0.29) is 25.1 Å². The maximum absolute atomic E-state index is 12.8. The number of carbonyl (C=O) groups is 2. The van der Waals surface area contributed by atoms with Crippen molar-refractivity contribution in [2.45, 2.75) is 39.7 Å². The first kappa shape index (κ1) is 29.5. The normalized spacial score (nSPS) is 13.1. The van der Waals surface area contributed by atoms with E-state index in [1.807, 2.05) is 38.1 Å². The number of hydrogen-bond donors (Lipinski definition) is 2. The molecule has 0 aromatic heterocycles. The lowest BCUT2D eigenvalue weighted by Gasteiger charge is -2.25. The van der Waals surface area contributed by atoms with E-state index in [9.17, 15) is 9.59 Å². The molecular formula is C29H37NO7. The van der Waals surface area contributed by atoms with Crippen LogP contribution in [0, 0.1) is 5.92 Å². The predicted octanol–water partition coefficient (Wildman–Crippen LogP) is 5.84. The van der Waals surface area contributed by atoms with E-state index >= 15 is 0 Å². The van der Waals surface area contributed by atoms with Crippen LogP contribution in [0.25, 0.3) is 0 Å². The summed E-state index contributed by atoms with van der Waals surface area (Å²) in [7, 11) is 1.58. The molecule has 37 heavy (non-hydrogen) atoms. The molecule has 0 aliphatic carbocycles. The molecule has 2 rings (SSSR count). The number of amides is 1. The molecule has 0 saturated carbocycles. The summed E-state index contributed by atoms with van der Waals surface area (Å²) in [6, 6.07) is 14.3. The Bertz CT molecular complexity index is 1030. The van der Waals surface area contributed by atoms with Crippen molar-refractivity contribution in [2.75, 3.05) is 32.2 Å². The van der Waals surface area contributed by atoms with Gasteiger partial charge in [-0.05, 0) is 80.1 Å². The predicted molar refractivity (Wildman–Crippen MR) is 143 cm³/mol. The van der Waals surface area contributed by atoms with E-state index in [1.54, 1.807) is 50.4 Å². The molecule has 2 atom stereocenters. The van der Waals surface area contributed by atoms with Crippen LogP contribution in [0.4, 0.5) is 10.5 Å². The van der Waals surface area contributed by atoms with Gasteiger partial charge in [-0.15, -0.1) is 0 Å². The molecule has 0 spiro atoms. The summed E-state index contributed by atoms with van der Waals surface area (Å²) in [5.41, 5.74) is 2.23. The van der Waals surface area contributed by atoms with Gasteiger partial charge in [0, 0.05) is 11.8 Å². The topological polar surface area (TPSA) is 103 Å². The van der Waals surface area contributed by atoms with Crippen molar-refractivity contribution in [3.05, 3.63) is 77.9 Å². The highest BCUT2D eigenvalue weighted by molar-refractivity contribution is 5.85. The van der Waals surface area contributed by atoms with Crippen LogP contribution in [0.1, 0.15) is 45.3 Å². The highest BCUT2D eigenvalue weighted by atomic mass is 16.6. The fourth-order valence-corrected chi connectivity index (χ4v) is 3.56. The summed E-state index contributed by atoms with van der Waals surface area (Å²) in [6.45, 7) is 6.10. The lowest BCUT2D eigenvalue weighted by molar-refractivity contribution is -0.137. The monoisotopic (exact) mass is 511 g/mol. The van der Waals surface area contributed by atoms with Crippen LogP contribution in [-0.4, -0.2) is 44.1 Å². The number of carbonyl (C=O) groups excluding carboxylic acids is 2. The van der Waals surface area contributed by atoms with Crippen LogP contribution in [0.3, 0.4) is 0 Å². The molecule has 200 valence electrons. The van der Waals surface area contributed by atoms with Crippen molar-refractivity contribution < 1.29 is 33.6 Å². The summed E-state index contributed by atoms with van der Waals surface area (Å²) < 4.78 is 21.4. The fourth-order valence-electron chi connectivity index (χ4n) is 3.56. The number of aliphatic hydroxyl groups is 1. The van der Waals surface area contributed by atoms with E-state index in [4.69, 9.17) is 24.1 Å². The lowest BCUT2D eigenvalue weighted by Crippen LogP contribution is -2.22. The number of methoxy groups -OCH3 is 1. The first-order chi connectivity index (χ1) is 17.9. The zero-order valence-corrected chi connectivity index (χ0v) is 21.9. The van der Waals surface area contributed by atoms with Crippen molar-refractivity contribution in [2.24, 2.45) is 5.92 Å². The van der Waals surface area contributed by atoms with Gasteiger partial charge in [-0.1, -0.05) is 31.2 Å². The molecule has 0 unspecified atom stereocenters. The van der Waals surface area contributed by atoms with Crippen LogP contribution in [-0.2, 0) is 14.3 Å². The van der Waals surface area contributed by atoms with Crippen LogP contribution in [0.15, 0.2) is 72.3 Å². The molecule has 2 aromatic carbocycles. The highest BCUT2D eigenvalue weighted by Gasteiger charge is 2.23. The Labute approximate surface area is 218 Å². The standard InChI is InChI=1S/C29H37NO7/c1-5-35-27(32)20-21(2)8-6-7-9-22(3)28(23-10-14-26(15-11-23)36-19-18-31)37-29(33)30-24-12-16-25(34-4)17-13-24/h6,8,10-17,20,22,28,31H,5,7,9,18-19H2,1-4H3,(H,30,33)/b8-6+,21-20+/t22-,28-/m1/s1. The van der Waals surface area contributed by atoms with Gasteiger partial charge in [0.15, 0.2) is 0 Å². The smallest absolute Gasteiger partial charge is 0.412 e. The van der Waals surface area contributed by atoms with Crippen LogP contribution in [0.5, 0.6) is 11.5 Å². The SMILES string of the molecule is CCOC(=O)/C=C(C)/C=C/CC[C@@H](C)[C@@H](OC(=O)Nc1ccc(OC)cc1)c1ccc(OCCO)cc1. The highest BCUT2D eigenvalue weighted by Crippen LogP contribution is 2.31. The number of ether oxygens (including phenoxy) is 4. The van der Waals surface area contributed by atoms with E-state index in [1.165, 1.54) is 6.08 Å². The number of nitrogens with one attached hydrogen (secondary N) is 1. The van der Waals surface area contributed by atoms with E-state index < -0.39 is 12.2 Å². The Balaban J connectivity index is 2.08. The van der Waals surface area contributed by atoms with Gasteiger partial charge >= 0.3 is 12.1 Å². The fraction of sp³-hybridized carbons (Fsp3) is 0.379. The van der Waals surface area contributed by atoms with Crippen molar-refractivity contribution in [1.29, 1.82) is 0 Å². The summed E-state index contributed by atoms with van der Waals surface area (Å²) in [5.74, 6) is 0.943. The molecular weight excluding hydrogens is 474 g/mol. The van der Waals surface area contributed by atoms with Crippen LogP contribution < -0.4 is 14.8 Å². The Kier molecular flexibility index (Phi) is 12.8. The average Bonchev–Trinajstić information content (AvgIpc) is 2.89. The van der Waals surface area contributed by atoms with Gasteiger partial charge in [0.05, 0.1) is 20.3 Å². The van der Waals surface area contributed by atoms with Crippen LogP contribution >= 0.6 is 0 Å². The van der Waals surface area contributed by atoms with Crippen molar-refractivity contribution in [1.82, 2.24) is 0 Å². The quantitative estimate of drug-likeness (QED) is 0.187. The van der Waals surface area contributed by atoms with Crippen LogP contribution in [0.2, 0.25) is 0 Å². The van der Waals surface area contributed by atoms with Crippen molar-refractivity contribution in [3.63, 3.8) is 0 Å². The molecule has 0 aliphatic rings. The molecule has 0 heterocycles. The van der Waals surface area contributed by atoms with Crippen molar-refractivity contribution in [3.8, 4) is 11.5 Å². The molecule has 0 aliphatic heterocycles. The molecule has 0 fully saturated rings. The molecule has 2 aromatic rings. The summed E-state index contributed by atoms with van der Waals surface area (Å²) in [6.07, 6.45) is 5.73. The van der Waals surface area contributed by atoms with Gasteiger partial charge < -0.3 is 24.1 Å². The third-order valence-electron chi connectivity index (χ3n) is 5.46. The average molecular weight is 512 g/mol. The third kappa shape index (κ3) is 10.8.